The van der Waals surface area contributed by atoms with Crippen molar-refractivity contribution in [2.24, 2.45) is 0 Å². The fourth-order valence-electron chi connectivity index (χ4n) is 0.271. The topological polar surface area (TPSA) is 12.0 Å². The van der Waals surface area contributed by atoms with Crippen LogP contribution in [-0.4, -0.2) is 23.3 Å². The number of halogens is 1. The summed E-state index contributed by atoms with van der Waals surface area (Å²) in [6, 6.07) is 0. The van der Waals surface area contributed by atoms with Crippen molar-refractivity contribution in [2.75, 3.05) is 23.3 Å². The van der Waals surface area contributed by atoms with E-state index in [2.05, 4.69) is 40.5 Å². The lowest BCUT2D eigenvalue weighted by atomic mass is 10.7. The zero-order valence-electron chi connectivity index (χ0n) is 4.15. The molecule has 0 spiro atoms. The number of rotatable bonds is 4. The molecular weight excluding hydrogens is 221 g/mol. The molecule has 1 nitrogen and oxygen atoms in total. The number of hydrogen-bond donors (Lipinski definition) is 2. The van der Waals surface area contributed by atoms with Gasteiger partial charge in [0, 0.05) is 23.3 Å². The first-order valence-electron chi connectivity index (χ1n) is 2.29. The molecule has 0 unspecified atom stereocenters. The van der Waals surface area contributed by atoms with Gasteiger partial charge in [-0.05, 0) is 0 Å². The molecule has 0 aliphatic rings. The van der Waals surface area contributed by atoms with Crippen molar-refractivity contribution in [1.82, 2.24) is 5.32 Å². The Bertz CT molecular complexity index is 30.9. The monoisotopic (exact) mass is 231 g/mol. The minimum absolute atomic E-state index is 0.941. The SMILES string of the molecule is SCCNCCI. The predicted molar refractivity (Wildman–Crippen MR) is 45.6 cm³/mol. The van der Waals surface area contributed by atoms with Gasteiger partial charge in [-0.1, -0.05) is 22.6 Å². The zero-order valence-corrected chi connectivity index (χ0v) is 7.21. The summed E-state index contributed by atoms with van der Waals surface area (Å²) in [5.74, 6) is 0.941. The van der Waals surface area contributed by atoms with E-state index in [1.54, 1.807) is 0 Å². The third-order valence-electron chi connectivity index (χ3n) is 0.560. The number of thiol groups is 1. The van der Waals surface area contributed by atoms with Crippen molar-refractivity contribution >= 4 is 35.2 Å². The van der Waals surface area contributed by atoms with Crippen LogP contribution in [0, 0.1) is 0 Å². The lowest BCUT2D eigenvalue weighted by Crippen LogP contribution is -2.18. The van der Waals surface area contributed by atoms with Crippen molar-refractivity contribution in [1.29, 1.82) is 0 Å². The molecule has 3 heteroatoms. The molecule has 1 N–H and O–H groups in total. The molecule has 0 aromatic rings. The van der Waals surface area contributed by atoms with Gasteiger partial charge in [-0.15, -0.1) is 0 Å². The Morgan fingerprint density at radius 1 is 1.43 bits per heavy atom. The summed E-state index contributed by atoms with van der Waals surface area (Å²) in [6.07, 6.45) is 0. The van der Waals surface area contributed by atoms with Gasteiger partial charge in [0.15, 0.2) is 0 Å². The summed E-state index contributed by atoms with van der Waals surface area (Å²) in [7, 11) is 0. The van der Waals surface area contributed by atoms with Crippen LogP contribution in [0.1, 0.15) is 0 Å². The maximum absolute atomic E-state index is 4.03. The van der Waals surface area contributed by atoms with E-state index in [0.717, 1.165) is 18.8 Å². The molecule has 0 saturated carbocycles. The van der Waals surface area contributed by atoms with Crippen LogP contribution in [0.2, 0.25) is 0 Å². The van der Waals surface area contributed by atoms with Crippen molar-refractivity contribution in [3.05, 3.63) is 0 Å². The van der Waals surface area contributed by atoms with Crippen LogP contribution in [0.5, 0.6) is 0 Å². The molecule has 0 fully saturated rings. The molecule has 0 radical (unpaired) electrons. The molecule has 0 aliphatic heterocycles. The van der Waals surface area contributed by atoms with Gasteiger partial charge in [0.1, 0.15) is 0 Å². The highest BCUT2D eigenvalue weighted by Crippen LogP contribution is 1.75. The molecule has 0 bridgehead atoms. The molecule has 0 rings (SSSR count). The fraction of sp³-hybridized carbons (Fsp3) is 1.00. The molecule has 0 aliphatic carbocycles. The largest absolute Gasteiger partial charge is 0.315 e. The summed E-state index contributed by atoms with van der Waals surface area (Å²) in [6.45, 7) is 2.15. The van der Waals surface area contributed by atoms with Crippen LogP contribution in [0.4, 0.5) is 0 Å². The van der Waals surface area contributed by atoms with Crippen LogP contribution in [0.25, 0.3) is 0 Å². The van der Waals surface area contributed by atoms with E-state index in [9.17, 15) is 0 Å². The van der Waals surface area contributed by atoms with Crippen molar-refractivity contribution in [3.63, 3.8) is 0 Å². The van der Waals surface area contributed by atoms with Gasteiger partial charge in [-0.25, -0.2) is 0 Å². The zero-order chi connectivity index (χ0) is 5.54. The Kier molecular flexibility index (Phi) is 8.09. The highest BCUT2D eigenvalue weighted by Gasteiger charge is 1.77. The van der Waals surface area contributed by atoms with E-state index in [-0.39, 0.29) is 0 Å². The predicted octanol–water partition coefficient (Wildman–Crippen LogP) is 0.941. The summed E-state index contributed by atoms with van der Waals surface area (Å²) in [5.41, 5.74) is 0. The van der Waals surface area contributed by atoms with Gasteiger partial charge in [0.2, 0.25) is 0 Å². The molecule has 0 amide bonds. The van der Waals surface area contributed by atoms with Crippen LogP contribution in [0.15, 0.2) is 0 Å². The highest BCUT2D eigenvalue weighted by molar-refractivity contribution is 14.1. The Morgan fingerprint density at radius 2 is 2.14 bits per heavy atom. The Hall–Kier alpha value is 1.04. The average molecular weight is 231 g/mol. The van der Waals surface area contributed by atoms with Crippen molar-refractivity contribution in [2.45, 2.75) is 0 Å². The highest BCUT2D eigenvalue weighted by atomic mass is 127. The van der Waals surface area contributed by atoms with Crippen LogP contribution in [0.3, 0.4) is 0 Å². The molecule has 0 saturated heterocycles. The van der Waals surface area contributed by atoms with Crippen molar-refractivity contribution < 1.29 is 0 Å². The quantitative estimate of drug-likeness (QED) is 0.317. The second-order valence-electron chi connectivity index (χ2n) is 1.16. The van der Waals surface area contributed by atoms with Gasteiger partial charge in [0.25, 0.3) is 0 Å². The second-order valence-corrected chi connectivity index (χ2v) is 2.69. The van der Waals surface area contributed by atoms with Crippen molar-refractivity contribution in [3.8, 4) is 0 Å². The number of alkyl halides is 1. The van der Waals surface area contributed by atoms with Crippen LogP contribution in [-0.2, 0) is 0 Å². The third-order valence-corrected chi connectivity index (χ3v) is 1.32. The molecule has 7 heavy (non-hydrogen) atoms. The van der Waals surface area contributed by atoms with E-state index in [0.29, 0.717) is 0 Å². The van der Waals surface area contributed by atoms with Gasteiger partial charge in [-0.2, -0.15) is 12.6 Å². The minimum Gasteiger partial charge on any atom is -0.315 e. The van der Waals surface area contributed by atoms with Crippen LogP contribution < -0.4 is 5.32 Å². The lowest BCUT2D eigenvalue weighted by molar-refractivity contribution is 0.781. The molecule has 44 valence electrons. The summed E-state index contributed by atoms with van der Waals surface area (Å²) >= 11 is 6.37. The standard InChI is InChI=1S/C4H10INS/c5-1-2-6-3-4-7/h6-7H,1-4H2. The Labute approximate surface area is 63.8 Å². The van der Waals surface area contributed by atoms with Crippen LogP contribution >= 0.6 is 35.2 Å². The number of hydrogen-bond acceptors (Lipinski definition) is 2. The first-order chi connectivity index (χ1) is 3.41. The maximum Gasteiger partial charge on any atom is 0.0121 e. The number of nitrogens with one attached hydrogen (secondary N) is 1. The molecule has 0 aromatic heterocycles. The first-order valence-corrected chi connectivity index (χ1v) is 4.45. The van der Waals surface area contributed by atoms with E-state index in [1.807, 2.05) is 0 Å². The summed E-state index contributed by atoms with van der Waals surface area (Å²) in [4.78, 5) is 0. The second kappa shape index (κ2) is 7.04. The van der Waals surface area contributed by atoms with Gasteiger partial charge in [-0.3, -0.25) is 0 Å². The van der Waals surface area contributed by atoms with Gasteiger partial charge >= 0.3 is 0 Å². The third kappa shape index (κ3) is 7.04. The first kappa shape index (κ1) is 8.04. The van der Waals surface area contributed by atoms with E-state index in [4.69, 9.17) is 0 Å². The minimum atomic E-state index is 0.941. The normalized spacial score (nSPS) is 9.43. The summed E-state index contributed by atoms with van der Waals surface area (Å²) in [5, 5.41) is 3.20. The van der Waals surface area contributed by atoms with E-state index in [1.165, 1.54) is 4.43 Å². The molecule has 0 heterocycles. The molecule has 0 aromatic carbocycles. The van der Waals surface area contributed by atoms with Gasteiger partial charge < -0.3 is 5.32 Å². The lowest BCUT2D eigenvalue weighted by Gasteiger charge is -1.94. The van der Waals surface area contributed by atoms with Gasteiger partial charge in [0.05, 0.1) is 0 Å². The fourth-order valence-corrected chi connectivity index (χ4v) is 0.810. The van der Waals surface area contributed by atoms with E-state index < -0.39 is 0 Å². The molecular formula is C4H10INS. The Morgan fingerprint density at radius 3 is 2.57 bits per heavy atom. The molecule has 0 atom stereocenters. The summed E-state index contributed by atoms with van der Waals surface area (Å²) < 4.78 is 1.19. The smallest absolute Gasteiger partial charge is 0.0121 e. The Balaban J connectivity index is 2.45. The maximum atomic E-state index is 4.03. The van der Waals surface area contributed by atoms with E-state index >= 15 is 0 Å². The average Bonchev–Trinajstić information content (AvgIpc) is 1.69.